The molecule has 0 unspecified atom stereocenters. The summed E-state index contributed by atoms with van der Waals surface area (Å²) >= 11 is 0. The first-order valence-corrected chi connectivity index (χ1v) is 5.91. The molecule has 1 aromatic heterocycles. The summed E-state index contributed by atoms with van der Waals surface area (Å²) in [6.07, 6.45) is 0. The fraction of sp³-hybridized carbons (Fsp3) is 0.727. The smallest absolute Gasteiger partial charge is 0.386 e. The number of nitro groups is 1. The van der Waals surface area contributed by atoms with Crippen LogP contribution in [0.25, 0.3) is 0 Å². The van der Waals surface area contributed by atoms with Crippen LogP contribution in [0.1, 0.15) is 19.7 Å². The third-order valence-electron chi connectivity index (χ3n) is 3.75. The van der Waals surface area contributed by atoms with Crippen molar-refractivity contribution in [2.24, 2.45) is 13.0 Å². The molecule has 1 aliphatic heterocycles. The van der Waals surface area contributed by atoms with Crippen molar-refractivity contribution >= 4 is 11.6 Å². The van der Waals surface area contributed by atoms with E-state index in [2.05, 4.69) is 4.98 Å². The minimum atomic E-state index is -0.758. The number of rotatable bonds is 3. The molecule has 1 saturated heterocycles. The zero-order valence-corrected chi connectivity index (χ0v) is 11.0. The molecule has 0 spiro atoms. The largest absolute Gasteiger partial charge is 0.406 e. The summed E-state index contributed by atoms with van der Waals surface area (Å²) in [5.74, 6) is 1.06. The van der Waals surface area contributed by atoms with E-state index in [4.69, 9.17) is 0 Å². The molecule has 7 heteroatoms. The lowest BCUT2D eigenvalue weighted by molar-refractivity contribution is -0.388. The molecule has 1 N–H and O–H groups in total. The van der Waals surface area contributed by atoms with Crippen molar-refractivity contribution in [1.29, 1.82) is 0 Å². The Balaban J connectivity index is 2.29. The number of aromatic nitrogens is 2. The molecule has 0 saturated carbocycles. The minimum absolute atomic E-state index is 0.127. The average molecular weight is 254 g/mol. The van der Waals surface area contributed by atoms with E-state index in [1.807, 2.05) is 13.8 Å². The van der Waals surface area contributed by atoms with Gasteiger partial charge < -0.3 is 20.1 Å². The van der Waals surface area contributed by atoms with Gasteiger partial charge in [0.05, 0.1) is 13.1 Å². The van der Waals surface area contributed by atoms with Gasteiger partial charge in [-0.05, 0) is 15.8 Å². The maximum Gasteiger partial charge on any atom is 0.406 e. The lowest BCUT2D eigenvalue weighted by atomic mass is 9.83. The van der Waals surface area contributed by atoms with Crippen LogP contribution < -0.4 is 4.90 Å². The van der Waals surface area contributed by atoms with Crippen molar-refractivity contribution < 1.29 is 10.0 Å². The van der Waals surface area contributed by atoms with Crippen LogP contribution >= 0.6 is 0 Å². The topological polar surface area (TPSA) is 84.4 Å². The Hall–Kier alpha value is -1.63. The van der Waals surface area contributed by atoms with E-state index in [-0.39, 0.29) is 11.7 Å². The lowest BCUT2D eigenvalue weighted by Gasteiger charge is -2.49. The normalized spacial score (nSPS) is 18.0. The predicted molar refractivity (Wildman–Crippen MR) is 66.6 cm³/mol. The highest BCUT2D eigenvalue weighted by Crippen LogP contribution is 2.37. The van der Waals surface area contributed by atoms with Crippen molar-refractivity contribution in [2.75, 3.05) is 18.0 Å². The Morgan fingerprint density at radius 1 is 1.50 bits per heavy atom. The van der Waals surface area contributed by atoms with E-state index in [1.165, 1.54) is 0 Å². The van der Waals surface area contributed by atoms with Gasteiger partial charge in [0, 0.05) is 14.0 Å². The van der Waals surface area contributed by atoms with Gasteiger partial charge in [0.25, 0.3) is 0 Å². The van der Waals surface area contributed by atoms with Crippen LogP contribution in [-0.2, 0) is 7.05 Å². The minimum Gasteiger partial charge on any atom is -0.386 e. The molecule has 2 rings (SSSR count). The fourth-order valence-corrected chi connectivity index (χ4v) is 2.19. The molecule has 1 aliphatic rings. The van der Waals surface area contributed by atoms with Crippen molar-refractivity contribution in [3.63, 3.8) is 0 Å². The zero-order valence-electron chi connectivity index (χ0n) is 11.0. The summed E-state index contributed by atoms with van der Waals surface area (Å²) in [6.45, 7) is 6.43. The van der Waals surface area contributed by atoms with E-state index in [1.54, 1.807) is 23.4 Å². The second-order valence-electron chi connectivity index (χ2n) is 5.24. The third kappa shape index (κ3) is 1.74. The lowest BCUT2D eigenvalue weighted by Crippen LogP contribution is -2.65. The van der Waals surface area contributed by atoms with Crippen LogP contribution in [0.15, 0.2) is 0 Å². The van der Waals surface area contributed by atoms with Crippen LogP contribution in [0.4, 0.5) is 11.6 Å². The number of anilines is 1. The molecular weight excluding hydrogens is 236 g/mol. The van der Waals surface area contributed by atoms with Gasteiger partial charge in [-0.1, -0.05) is 13.8 Å². The van der Waals surface area contributed by atoms with Crippen molar-refractivity contribution in [3.05, 3.63) is 15.9 Å². The maximum atomic E-state index is 11.0. The Kier molecular flexibility index (Phi) is 2.81. The van der Waals surface area contributed by atoms with Crippen molar-refractivity contribution in [1.82, 2.24) is 9.55 Å². The average Bonchev–Trinajstić information content (AvgIpc) is 2.51. The van der Waals surface area contributed by atoms with E-state index < -0.39 is 10.5 Å². The molecule has 0 aromatic carbocycles. The Morgan fingerprint density at radius 2 is 2.06 bits per heavy atom. The standard InChI is InChI=1S/C11H18N4O3/c1-7(2)11(16)5-14(6-11)10-9(15(17)18)12-8(3)13(10)4/h7,16H,5-6H2,1-4H3. The first-order chi connectivity index (χ1) is 8.26. The number of aliphatic hydroxyl groups is 1. The zero-order chi connectivity index (χ0) is 13.7. The number of aryl methyl sites for hydroxylation is 1. The Morgan fingerprint density at radius 3 is 2.50 bits per heavy atom. The van der Waals surface area contributed by atoms with Crippen LogP contribution in [0.2, 0.25) is 0 Å². The number of hydrogen-bond acceptors (Lipinski definition) is 5. The molecular formula is C11H18N4O3. The van der Waals surface area contributed by atoms with Gasteiger partial charge in [0.2, 0.25) is 11.6 Å². The number of hydrogen-bond donors (Lipinski definition) is 1. The highest BCUT2D eigenvalue weighted by atomic mass is 16.6. The summed E-state index contributed by atoms with van der Waals surface area (Å²) in [4.78, 5) is 16.2. The number of imidazole rings is 1. The molecule has 1 fully saturated rings. The maximum absolute atomic E-state index is 11.0. The van der Waals surface area contributed by atoms with Crippen LogP contribution in [0, 0.1) is 23.0 Å². The van der Waals surface area contributed by atoms with Gasteiger partial charge in [-0.15, -0.1) is 0 Å². The van der Waals surface area contributed by atoms with Gasteiger partial charge >= 0.3 is 5.82 Å². The molecule has 2 heterocycles. The van der Waals surface area contributed by atoms with Crippen molar-refractivity contribution in [3.8, 4) is 0 Å². The predicted octanol–water partition coefficient (Wildman–Crippen LogP) is 0.844. The summed E-state index contributed by atoms with van der Waals surface area (Å²) < 4.78 is 1.69. The van der Waals surface area contributed by atoms with Gasteiger partial charge in [0.15, 0.2) is 0 Å². The fourth-order valence-electron chi connectivity index (χ4n) is 2.19. The highest BCUT2D eigenvalue weighted by molar-refractivity contribution is 5.58. The molecule has 0 atom stereocenters. The highest BCUT2D eigenvalue weighted by Gasteiger charge is 2.47. The summed E-state index contributed by atoms with van der Waals surface area (Å²) in [5.41, 5.74) is -0.758. The second kappa shape index (κ2) is 3.94. The number of nitrogens with zero attached hydrogens (tertiary/aromatic N) is 4. The van der Waals surface area contributed by atoms with Gasteiger partial charge in [-0.2, -0.15) is 0 Å². The number of β-amino-alcohol motifs (C(OH)–C–C–N with tert-alkyl or cyclic N) is 1. The monoisotopic (exact) mass is 254 g/mol. The third-order valence-corrected chi connectivity index (χ3v) is 3.75. The first kappa shape index (κ1) is 12.8. The molecule has 100 valence electrons. The summed E-state index contributed by atoms with van der Waals surface area (Å²) in [7, 11) is 1.75. The molecule has 1 aromatic rings. The Labute approximate surface area is 105 Å². The van der Waals surface area contributed by atoms with E-state index in [0.717, 1.165) is 0 Å². The van der Waals surface area contributed by atoms with Crippen LogP contribution in [0.3, 0.4) is 0 Å². The second-order valence-corrected chi connectivity index (χ2v) is 5.24. The van der Waals surface area contributed by atoms with E-state index >= 15 is 0 Å². The van der Waals surface area contributed by atoms with Gasteiger partial charge in [-0.3, -0.25) is 4.57 Å². The molecule has 7 nitrogen and oxygen atoms in total. The molecule has 0 aliphatic carbocycles. The molecule has 0 bridgehead atoms. The Bertz CT molecular complexity index is 489. The summed E-state index contributed by atoms with van der Waals surface area (Å²) in [6, 6.07) is 0. The summed E-state index contributed by atoms with van der Waals surface area (Å²) in [5, 5.41) is 21.2. The van der Waals surface area contributed by atoms with Gasteiger partial charge in [0.1, 0.15) is 5.60 Å². The van der Waals surface area contributed by atoms with Gasteiger partial charge in [-0.25, -0.2) is 0 Å². The van der Waals surface area contributed by atoms with Crippen molar-refractivity contribution in [2.45, 2.75) is 26.4 Å². The van der Waals surface area contributed by atoms with Crippen LogP contribution in [0.5, 0.6) is 0 Å². The van der Waals surface area contributed by atoms with Crippen LogP contribution in [-0.4, -0.2) is 38.3 Å². The molecule has 18 heavy (non-hydrogen) atoms. The molecule has 0 amide bonds. The van der Waals surface area contributed by atoms with E-state index in [0.29, 0.717) is 24.7 Å². The SMILES string of the molecule is Cc1nc([N+](=O)[O-])c(N2CC(O)(C(C)C)C2)n1C. The molecule has 0 radical (unpaired) electrons. The first-order valence-electron chi connectivity index (χ1n) is 5.91. The van der Waals surface area contributed by atoms with E-state index in [9.17, 15) is 15.2 Å². The quantitative estimate of drug-likeness (QED) is 0.638.